The van der Waals surface area contributed by atoms with E-state index in [4.69, 9.17) is 0 Å². The monoisotopic (exact) mass is 460 g/mol. The van der Waals surface area contributed by atoms with Gasteiger partial charge in [0, 0.05) is 29.7 Å². The van der Waals surface area contributed by atoms with Crippen LogP contribution in [0.1, 0.15) is 37.6 Å². The molecule has 3 aromatic rings. The van der Waals surface area contributed by atoms with Crippen molar-refractivity contribution in [3.05, 3.63) is 76.3 Å². The number of aryl methyl sites for hydroxylation is 1. The number of amides is 4. The summed E-state index contributed by atoms with van der Waals surface area (Å²) in [7, 11) is 0. The fraction of sp³-hybridized carbons (Fsp3) is 0.208. The largest absolute Gasteiger partial charge is 0.312 e. The highest BCUT2D eigenvalue weighted by molar-refractivity contribution is 7.15. The van der Waals surface area contributed by atoms with Crippen LogP contribution in [0.3, 0.4) is 0 Å². The van der Waals surface area contributed by atoms with E-state index in [-0.39, 0.29) is 36.6 Å². The third kappa shape index (κ3) is 3.91. The fourth-order valence-corrected chi connectivity index (χ4v) is 4.85. The lowest BCUT2D eigenvalue weighted by Gasteiger charge is -2.16. The van der Waals surface area contributed by atoms with Crippen molar-refractivity contribution in [2.75, 3.05) is 16.8 Å². The SMILES string of the molecule is Cc1ccc(N2CC(C(=O)Nc3ncc(CN4C(=O)c5ccccc5C4=O)s3)CC2=O)cc1. The lowest BCUT2D eigenvalue weighted by Crippen LogP contribution is -2.28. The van der Waals surface area contributed by atoms with Gasteiger partial charge in [0.2, 0.25) is 11.8 Å². The molecule has 8 nitrogen and oxygen atoms in total. The van der Waals surface area contributed by atoms with E-state index < -0.39 is 5.92 Å². The zero-order valence-electron chi connectivity index (χ0n) is 17.8. The summed E-state index contributed by atoms with van der Waals surface area (Å²) >= 11 is 1.20. The zero-order chi connectivity index (χ0) is 23.1. The van der Waals surface area contributed by atoms with Crippen LogP contribution in [0.25, 0.3) is 0 Å². The van der Waals surface area contributed by atoms with Gasteiger partial charge in [-0.15, -0.1) is 0 Å². The Morgan fingerprint density at radius 1 is 1.06 bits per heavy atom. The predicted octanol–water partition coefficient (Wildman–Crippen LogP) is 3.24. The predicted molar refractivity (Wildman–Crippen MR) is 123 cm³/mol. The van der Waals surface area contributed by atoms with Crippen molar-refractivity contribution in [3.63, 3.8) is 0 Å². The van der Waals surface area contributed by atoms with Gasteiger partial charge >= 0.3 is 0 Å². The molecule has 33 heavy (non-hydrogen) atoms. The van der Waals surface area contributed by atoms with Crippen molar-refractivity contribution >= 4 is 45.8 Å². The Balaban J connectivity index is 1.22. The average Bonchev–Trinajstić information content (AvgIpc) is 3.48. The smallest absolute Gasteiger partial charge is 0.261 e. The molecule has 1 saturated heterocycles. The summed E-state index contributed by atoms with van der Waals surface area (Å²) < 4.78 is 0. The number of imide groups is 1. The van der Waals surface area contributed by atoms with E-state index in [0.717, 1.165) is 11.3 Å². The first kappa shape index (κ1) is 21.0. The molecule has 0 spiro atoms. The average molecular weight is 461 g/mol. The highest BCUT2D eigenvalue weighted by Gasteiger charge is 2.37. The molecule has 0 bridgehead atoms. The maximum atomic E-state index is 12.8. The first-order valence-corrected chi connectivity index (χ1v) is 11.3. The summed E-state index contributed by atoms with van der Waals surface area (Å²) in [6, 6.07) is 14.3. The van der Waals surface area contributed by atoms with Crippen molar-refractivity contribution < 1.29 is 19.2 Å². The second kappa shape index (κ2) is 8.25. The number of carbonyl (C=O) groups is 4. The van der Waals surface area contributed by atoms with Gasteiger partial charge in [0.05, 0.1) is 23.6 Å². The number of hydrogen-bond donors (Lipinski definition) is 1. The van der Waals surface area contributed by atoms with E-state index in [1.807, 2.05) is 31.2 Å². The molecule has 2 aromatic carbocycles. The molecular weight excluding hydrogens is 440 g/mol. The molecule has 1 aromatic heterocycles. The number of carbonyl (C=O) groups excluding carboxylic acids is 4. The van der Waals surface area contributed by atoms with Crippen LogP contribution in [-0.2, 0) is 16.1 Å². The van der Waals surface area contributed by atoms with Crippen LogP contribution in [0.5, 0.6) is 0 Å². The Morgan fingerprint density at radius 2 is 1.73 bits per heavy atom. The summed E-state index contributed by atoms with van der Waals surface area (Å²) in [4.78, 5) is 58.0. The van der Waals surface area contributed by atoms with Gasteiger partial charge in [0.1, 0.15) is 0 Å². The minimum absolute atomic E-state index is 0.0863. The number of rotatable bonds is 5. The molecule has 3 heterocycles. The van der Waals surface area contributed by atoms with E-state index in [9.17, 15) is 19.2 Å². The quantitative estimate of drug-likeness (QED) is 0.590. The number of benzene rings is 2. The number of thiazole rings is 1. The Kier molecular flexibility index (Phi) is 5.26. The minimum atomic E-state index is -0.484. The number of anilines is 2. The van der Waals surface area contributed by atoms with Gasteiger partial charge in [-0.25, -0.2) is 4.98 Å². The van der Waals surface area contributed by atoms with Crippen LogP contribution >= 0.6 is 11.3 Å². The maximum absolute atomic E-state index is 12.8. The first-order valence-electron chi connectivity index (χ1n) is 10.5. The minimum Gasteiger partial charge on any atom is -0.312 e. The Morgan fingerprint density at radius 3 is 2.39 bits per heavy atom. The van der Waals surface area contributed by atoms with Gasteiger partial charge in [0.25, 0.3) is 11.8 Å². The van der Waals surface area contributed by atoms with Crippen LogP contribution in [0.4, 0.5) is 10.8 Å². The third-order valence-electron chi connectivity index (χ3n) is 5.82. The number of nitrogens with zero attached hydrogens (tertiary/aromatic N) is 3. The van der Waals surface area contributed by atoms with Gasteiger partial charge in [-0.1, -0.05) is 41.2 Å². The molecule has 2 aliphatic rings. The van der Waals surface area contributed by atoms with Crippen LogP contribution in [0.2, 0.25) is 0 Å². The van der Waals surface area contributed by atoms with Crippen LogP contribution in [-0.4, -0.2) is 40.1 Å². The molecule has 1 N–H and O–H groups in total. The molecule has 1 fully saturated rings. The summed E-state index contributed by atoms with van der Waals surface area (Å²) in [5.41, 5.74) is 2.66. The molecule has 5 rings (SSSR count). The van der Waals surface area contributed by atoms with Gasteiger partial charge in [-0.2, -0.15) is 0 Å². The van der Waals surface area contributed by atoms with Crippen molar-refractivity contribution in [1.82, 2.24) is 9.88 Å². The Bertz CT molecular complexity index is 1250. The summed E-state index contributed by atoms with van der Waals surface area (Å²) in [5, 5.41) is 3.14. The second-order valence-electron chi connectivity index (χ2n) is 8.10. The molecular formula is C24H20N4O4S. The molecule has 0 radical (unpaired) electrons. The molecule has 1 unspecified atom stereocenters. The molecule has 2 aliphatic heterocycles. The molecule has 0 saturated carbocycles. The van der Waals surface area contributed by atoms with E-state index >= 15 is 0 Å². The molecule has 9 heteroatoms. The van der Waals surface area contributed by atoms with Gasteiger partial charge < -0.3 is 10.2 Å². The summed E-state index contributed by atoms with van der Waals surface area (Å²) in [5.74, 6) is -1.53. The lowest BCUT2D eigenvalue weighted by atomic mass is 10.1. The van der Waals surface area contributed by atoms with Crippen LogP contribution in [0.15, 0.2) is 54.7 Å². The number of hydrogen-bond acceptors (Lipinski definition) is 6. The lowest BCUT2D eigenvalue weighted by molar-refractivity contribution is -0.122. The molecule has 4 amide bonds. The van der Waals surface area contributed by atoms with Crippen LogP contribution < -0.4 is 10.2 Å². The Hall–Kier alpha value is -3.85. The van der Waals surface area contributed by atoms with Crippen molar-refractivity contribution in [2.45, 2.75) is 19.9 Å². The topological polar surface area (TPSA) is 99.7 Å². The summed E-state index contributed by atoms with van der Waals surface area (Å²) in [6.07, 6.45) is 1.68. The normalized spacial score (nSPS) is 17.6. The van der Waals surface area contributed by atoms with Crippen molar-refractivity contribution in [1.29, 1.82) is 0 Å². The van der Waals surface area contributed by atoms with E-state index in [1.165, 1.54) is 16.2 Å². The van der Waals surface area contributed by atoms with E-state index in [1.54, 1.807) is 35.4 Å². The number of fused-ring (bicyclic) bond motifs is 1. The van der Waals surface area contributed by atoms with E-state index in [2.05, 4.69) is 10.3 Å². The number of aromatic nitrogens is 1. The van der Waals surface area contributed by atoms with Gasteiger partial charge in [-0.05, 0) is 31.2 Å². The maximum Gasteiger partial charge on any atom is 0.261 e. The first-order chi connectivity index (χ1) is 15.9. The fourth-order valence-electron chi connectivity index (χ4n) is 4.04. The number of nitrogens with one attached hydrogen (secondary N) is 1. The summed E-state index contributed by atoms with van der Waals surface area (Å²) in [6.45, 7) is 2.37. The van der Waals surface area contributed by atoms with Gasteiger partial charge in [-0.3, -0.25) is 24.1 Å². The standard InChI is InChI=1S/C24H20N4O4S/c1-14-6-8-16(9-7-14)27-12-15(10-20(27)29)21(30)26-24-25-11-17(33-24)13-28-22(31)18-4-2-3-5-19(18)23(28)32/h2-9,11,15H,10,12-13H2,1H3,(H,25,26,30). The molecule has 0 aliphatic carbocycles. The molecule has 166 valence electrons. The second-order valence-corrected chi connectivity index (χ2v) is 9.22. The molecule has 1 atom stereocenters. The van der Waals surface area contributed by atoms with Crippen molar-refractivity contribution in [3.8, 4) is 0 Å². The van der Waals surface area contributed by atoms with E-state index in [0.29, 0.717) is 27.7 Å². The highest BCUT2D eigenvalue weighted by Crippen LogP contribution is 2.29. The highest BCUT2D eigenvalue weighted by atomic mass is 32.1. The third-order valence-corrected chi connectivity index (χ3v) is 6.71. The van der Waals surface area contributed by atoms with Gasteiger partial charge in [0.15, 0.2) is 5.13 Å². The van der Waals surface area contributed by atoms with Crippen molar-refractivity contribution in [2.24, 2.45) is 5.92 Å². The zero-order valence-corrected chi connectivity index (χ0v) is 18.6. The van der Waals surface area contributed by atoms with Crippen LogP contribution in [0, 0.1) is 12.8 Å². The Labute approximate surface area is 193 Å².